The zero-order valence-corrected chi connectivity index (χ0v) is 27.1. The van der Waals surface area contributed by atoms with Gasteiger partial charge in [-0.1, -0.05) is 69.2 Å². The predicted molar refractivity (Wildman–Crippen MR) is 169 cm³/mol. The molecular formula is C31H22Br2ClN3O4S. The Bertz CT molecular complexity index is 1960. The van der Waals surface area contributed by atoms with Crippen LogP contribution in [0.5, 0.6) is 5.75 Å². The number of fused-ring (bicyclic) bond motifs is 1. The van der Waals surface area contributed by atoms with Crippen LogP contribution in [0.2, 0.25) is 5.02 Å². The fourth-order valence-corrected chi connectivity index (χ4v) is 7.24. The predicted octanol–water partition coefficient (Wildman–Crippen LogP) is 6.43. The van der Waals surface area contributed by atoms with E-state index < -0.39 is 12.0 Å². The Labute approximate surface area is 267 Å². The highest BCUT2D eigenvalue weighted by Gasteiger charge is 2.34. The fraction of sp³-hybridized carbons (Fsp3) is 0.161. The van der Waals surface area contributed by atoms with Crippen molar-refractivity contribution >= 4 is 66.8 Å². The lowest BCUT2D eigenvalue weighted by Gasteiger charge is -2.25. The van der Waals surface area contributed by atoms with Crippen LogP contribution in [0.4, 0.5) is 0 Å². The van der Waals surface area contributed by atoms with E-state index in [1.807, 2.05) is 30.3 Å². The summed E-state index contributed by atoms with van der Waals surface area (Å²) in [5, 5.41) is 9.49. The highest BCUT2D eigenvalue weighted by molar-refractivity contribution is 9.11. The molecular weight excluding hydrogens is 706 g/mol. The molecule has 0 fully saturated rings. The highest BCUT2D eigenvalue weighted by Crippen LogP contribution is 2.36. The Hall–Kier alpha value is -3.49. The number of carbonyl (C=O) groups is 1. The molecule has 5 rings (SSSR count). The third-order valence-corrected chi connectivity index (χ3v) is 8.88. The topological polar surface area (TPSA) is 93.7 Å². The SMILES string of the molecule is CCOC(=O)C1=C(C)N=c2s/c(=C\c3cc(Br)cc(Br)c3OCc3ccc(C#N)cc3)c(=O)n2[C@H]1c1ccccc1Cl. The molecule has 0 saturated heterocycles. The van der Waals surface area contributed by atoms with Gasteiger partial charge < -0.3 is 9.47 Å². The summed E-state index contributed by atoms with van der Waals surface area (Å²) < 4.78 is 14.9. The van der Waals surface area contributed by atoms with Crippen molar-refractivity contribution in [2.24, 2.45) is 4.99 Å². The van der Waals surface area contributed by atoms with Gasteiger partial charge in [0.1, 0.15) is 18.4 Å². The van der Waals surface area contributed by atoms with Gasteiger partial charge in [0.05, 0.1) is 38.5 Å². The van der Waals surface area contributed by atoms with Crippen molar-refractivity contribution in [2.45, 2.75) is 26.5 Å². The van der Waals surface area contributed by atoms with E-state index in [0.717, 1.165) is 10.0 Å². The maximum Gasteiger partial charge on any atom is 0.338 e. The van der Waals surface area contributed by atoms with Gasteiger partial charge in [-0.25, -0.2) is 9.79 Å². The number of nitrogens with zero attached hydrogens (tertiary/aromatic N) is 3. The number of halogens is 3. The Balaban J connectivity index is 1.64. The number of hydrogen-bond acceptors (Lipinski definition) is 7. The number of hydrogen-bond donors (Lipinski definition) is 0. The van der Waals surface area contributed by atoms with Crippen LogP contribution in [-0.4, -0.2) is 17.1 Å². The van der Waals surface area contributed by atoms with Crippen molar-refractivity contribution in [2.75, 3.05) is 6.61 Å². The zero-order chi connectivity index (χ0) is 30.0. The number of carbonyl (C=O) groups excluding carboxylic acids is 1. The molecule has 1 aliphatic heterocycles. The van der Waals surface area contributed by atoms with Gasteiger partial charge in [-0.05, 0) is 77.3 Å². The summed E-state index contributed by atoms with van der Waals surface area (Å²) in [4.78, 5) is 32.2. The summed E-state index contributed by atoms with van der Waals surface area (Å²) in [5.74, 6) is -0.00759. The molecule has 3 aromatic carbocycles. The van der Waals surface area contributed by atoms with Crippen molar-refractivity contribution < 1.29 is 14.3 Å². The molecule has 0 amide bonds. The number of esters is 1. The van der Waals surface area contributed by atoms with Crippen LogP contribution >= 0.6 is 54.8 Å². The van der Waals surface area contributed by atoms with Crippen LogP contribution in [-0.2, 0) is 16.1 Å². The van der Waals surface area contributed by atoms with E-state index >= 15 is 0 Å². The number of rotatable bonds is 7. The van der Waals surface area contributed by atoms with Gasteiger partial charge in [0.15, 0.2) is 4.80 Å². The van der Waals surface area contributed by atoms with Crippen LogP contribution in [0.1, 0.15) is 42.1 Å². The third-order valence-electron chi connectivity index (χ3n) is 6.51. The first-order chi connectivity index (χ1) is 20.2. The van der Waals surface area contributed by atoms with Gasteiger partial charge in [0.25, 0.3) is 5.56 Å². The molecule has 212 valence electrons. The van der Waals surface area contributed by atoms with E-state index in [2.05, 4.69) is 42.9 Å². The summed E-state index contributed by atoms with van der Waals surface area (Å²) in [6, 6.07) is 19.3. The normalized spacial score (nSPS) is 14.7. The molecule has 0 N–H and O–H groups in total. The summed E-state index contributed by atoms with van der Waals surface area (Å²) in [6.45, 7) is 3.89. The molecule has 1 aromatic heterocycles. The van der Waals surface area contributed by atoms with Crippen LogP contribution in [0.15, 0.2) is 90.7 Å². The van der Waals surface area contributed by atoms with Gasteiger partial charge in [0, 0.05) is 15.1 Å². The first-order valence-corrected chi connectivity index (χ1v) is 15.5. The molecule has 7 nitrogen and oxygen atoms in total. The molecule has 0 unspecified atom stereocenters. The van der Waals surface area contributed by atoms with E-state index in [-0.39, 0.29) is 24.3 Å². The van der Waals surface area contributed by atoms with Crippen molar-refractivity contribution in [3.8, 4) is 11.8 Å². The molecule has 0 radical (unpaired) electrons. The molecule has 0 aliphatic carbocycles. The Morgan fingerprint density at radius 3 is 2.62 bits per heavy atom. The Morgan fingerprint density at radius 1 is 1.19 bits per heavy atom. The van der Waals surface area contributed by atoms with Crippen molar-refractivity contribution in [1.29, 1.82) is 5.26 Å². The second kappa shape index (κ2) is 12.8. The van der Waals surface area contributed by atoms with Gasteiger partial charge in [0.2, 0.25) is 0 Å². The lowest BCUT2D eigenvalue weighted by molar-refractivity contribution is -0.139. The van der Waals surface area contributed by atoms with E-state index in [1.165, 1.54) is 15.9 Å². The number of ether oxygens (including phenoxy) is 2. The van der Waals surface area contributed by atoms with Gasteiger partial charge in [-0.15, -0.1) is 0 Å². The van der Waals surface area contributed by atoms with E-state index in [9.17, 15) is 9.59 Å². The van der Waals surface area contributed by atoms with Gasteiger partial charge in [-0.2, -0.15) is 5.26 Å². The number of thiazole rings is 1. The van der Waals surface area contributed by atoms with Crippen molar-refractivity contribution in [3.05, 3.63) is 128 Å². The van der Waals surface area contributed by atoms with Crippen LogP contribution in [0.25, 0.3) is 6.08 Å². The quantitative estimate of drug-likeness (QED) is 0.205. The lowest BCUT2D eigenvalue weighted by Crippen LogP contribution is -2.40. The first kappa shape index (κ1) is 30.0. The number of aromatic nitrogens is 1. The average molecular weight is 728 g/mol. The highest BCUT2D eigenvalue weighted by atomic mass is 79.9. The molecule has 0 bridgehead atoms. The first-order valence-electron chi connectivity index (χ1n) is 12.8. The Kier molecular flexibility index (Phi) is 9.13. The summed E-state index contributed by atoms with van der Waals surface area (Å²) >= 11 is 14.9. The van der Waals surface area contributed by atoms with Gasteiger partial charge >= 0.3 is 5.97 Å². The minimum atomic E-state index is -0.808. The second-order valence-corrected chi connectivity index (χ2v) is 12.4. The second-order valence-electron chi connectivity index (χ2n) is 9.23. The van der Waals surface area contributed by atoms with Crippen LogP contribution in [0, 0.1) is 11.3 Å². The average Bonchev–Trinajstić information content (AvgIpc) is 3.26. The summed E-state index contributed by atoms with van der Waals surface area (Å²) in [5.41, 5.74) is 3.11. The minimum absolute atomic E-state index is 0.179. The van der Waals surface area contributed by atoms with Crippen LogP contribution < -0.4 is 19.6 Å². The lowest BCUT2D eigenvalue weighted by atomic mass is 9.96. The summed E-state index contributed by atoms with van der Waals surface area (Å²) in [7, 11) is 0. The maximum absolute atomic E-state index is 14.0. The minimum Gasteiger partial charge on any atom is -0.487 e. The fourth-order valence-electron chi connectivity index (χ4n) is 4.59. The molecule has 42 heavy (non-hydrogen) atoms. The number of allylic oxidation sites excluding steroid dienone is 1. The standard InChI is InChI=1S/C31H22Br2ClN3O4S/c1-3-40-30(39)26-17(2)36-31-37(27(26)22-6-4-5-7-24(22)34)29(38)25(42-31)13-20-12-21(32)14-23(33)28(20)41-16-19-10-8-18(15-35)9-11-19/h4-14,27H,3,16H2,1-2H3/b25-13-/t27-/m0/s1. The van der Waals surface area contributed by atoms with E-state index in [4.69, 9.17) is 26.3 Å². The maximum atomic E-state index is 14.0. The number of nitriles is 1. The van der Waals surface area contributed by atoms with Crippen LogP contribution in [0.3, 0.4) is 0 Å². The molecule has 1 atom stereocenters. The summed E-state index contributed by atoms with van der Waals surface area (Å²) in [6.07, 6.45) is 1.75. The number of benzene rings is 3. The van der Waals surface area contributed by atoms with Crippen molar-refractivity contribution in [3.63, 3.8) is 0 Å². The van der Waals surface area contributed by atoms with Gasteiger partial charge in [-0.3, -0.25) is 9.36 Å². The molecule has 4 aromatic rings. The third kappa shape index (κ3) is 6.01. The molecule has 1 aliphatic rings. The largest absolute Gasteiger partial charge is 0.487 e. The zero-order valence-electron chi connectivity index (χ0n) is 22.4. The van der Waals surface area contributed by atoms with E-state index in [0.29, 0.717) is 47.0 Å². The monoisotopic (exact) mass is 725 g/mol. The molecule has 11 heteroatoms. The van der Waals surface area contributed by atoms with Crippen molar-refractivity contribution in [1.82, 2.24) is 4.57 Å². The molecule has 0 saturated carbocycles. The Morgan fingerprint density at radius 2 is 1.93 bits per heavy atom. The van der Waals surface area contributed by atoms with E-state index in [1.54, 1.807) is 50.3 Å². The molecule has 0 spiro atoms. The smallest absolute Gasteiger partial charge is 0.338 e. The molecule has 2 heterocycles.